The fourth-order valence-corrected chi connectivity index (χ4v) is 3.45. The first-order valence-corrected chi connectivity index (χ1v) is 8.97. The van der Waals surface area contributed by atoms with Crippen LogP contribution in [0, 0.1) is 5.92 Å². The number of para-hydroxylation sites is 1. The molecule has 0 spiro atoms. The molecule has 10 heteroatoms. The third-order valence-corrected chi connectivity index (χ3v) is 5.29. The molecule has 0 radical (unpaired) electrons. The van der Waals surface area contributed by atoms with Crippen molar-refractivity contribution in [3.05, 3.63) is 30.3 Å². The molecule has 28 heavy (non-hydrogen) atoms. The normalized spacial score (nSPS) is 33.1. The highest BCUT2D eigenvalue weighted by molar-refractivity contribution is 6.01. The van der Waals surface area contributed by atoms with E-state index in [1.54, 1.807) is 0 Å². The van der Waals surface area contributed by atoms with Gasteiger partial charge in [0.2, 0.25) is 5.72 Å². The van der Waals surface area contributed by atoms with E-state index >= 15 is 0 Å². The number of aliphatic hydroxyl groups is 4. The highest BCUT2D eigenvalue weighted by atomic mass is 16.5. The Morgan fingerprint density at radius 2 is 1.96 bits per heavy atom. The molecule has 3 heterocycles. The van der Waals surface area contributed by atoms with E-state index < -0.39 is 47.5 Å². The molecule has 4 rings (SSSR count). The summed E-state index contributed by atoms with van der Waals surface area (Å²) in [5, 5.41) is 48.4. The van der Waals surface area contributed by atoms with Crippen LogP contribution in [0.15, 0.2) is 30.3 Å². The summed E-state index contributed by atoms with van der Waals surface area (Å²) < 4.78 is 5.51. The van der Waals surface area contributed by atoms with Crippen LogP contribution in [0.3, 0.4) is 0 Å². The van der Waals surface area contributed by atoms with Crippen molar-refractivity contribution in [3.63, 3.8) is 0 Å². The van der Waals surface area contributed by atoms with Crippen molar-refractivity contribution >= 4 is 17.5 Å². The van der Waals surface area contributed by atoms with Crippen molar-refractivity contribution in [1.82, 2.24) is 10.6 Å². The molecule has 1 unspecified atom stereocenters. The van der Waals surface area contributed by atoms with Crippen LogP contribution in [0.2, 0.25) is 0 Å². The Kier molecular flexibility index (Phi) is 5.34. The van der Waals surface area contributed by atoms with Crippen molar-refractivity contribution in [1.29, 1.82) is 0 Å². The third kappa shape index (κ3) is 3.33. The first-order valence-electron chi connectivity index (χ1n) is 8.97. The number of anilines is 1. The van der Waals surface area contributed by atoms with Gasteiger partial charge in [-0.2, -0.15) is 0 Å². The van der Waals surface area contributed by atoms with Gasteiger partial charge in [-0.1, -0.05) is 18.2 Å². The summed E-state index contributed by atoms with van der Waals surface area (Å²) in [4.78, 5) is 25.4. The molecule has 0 saturated carbocycles. The molecule has 3 aliphatic rings. The summed E-state index contributed by atoms with van der Waals surface area (Å²) in [5.41, 5.74) is -5.90. The molecular weight excluding hydrogens is 370 g/mol. The number of benzene rings is 1. The van der Waals surface area contributed by atoms with Crippen LogP contribution in [-0.2, 0) is 14.3 Å². The lowest BCUT2D eigenvalue weighted by Crippen LogP contribution is -2.84. The molecular formula is C18H25N3O7. The second kappa shape index (κ2) is 7.30. The van der Waals surface area contributed by atoms with Crippen molar-refractivity contribution in [3.8, 4) is 0 Å². The number of piperazine rings is 1. The number of hydrogen-bond acceptors (Lipinski definition) is 8. The molecule has 5 atom stereocenters. The van der Waals surface area contributed by atoms with Gasteiger partial charge in [0.05, 0.1) is 13.2 Å². The molecule has 0 aromatic heterocycles. The van der Waals surface area contributed by atoms with Crippen molar-refractivity contribution in [2.24, 2.45) is 5.92 Å². The number of nitrogens with one attached hydrogen (secondary N) is 3. The summed E-state index contributed by atoms with van der Waals surface area (Å²) >= 11 is 0. The maximum Gasteiger partial charge on any atom is 0.278 e. The lowest BCUT2D eigenvalue weighted by atomic mass is 9.82. The maximum atomic E-state index is 12.7. The highest BCUT2D eigenvalue weighted by Crippen LogP contribution is 2.34. The van der Waals surface area contributed by atoms with Gasteiger partial charge in [-0.25, -0.2) is 0 Å². The number of carbonyl (C=O) groups is 2. The van der Waals surface area contributed by atoms with Crippen molar-refractivity contribution in [2.45, 2.75) is 36.5 Å². The van der Waals surface area contributed by atoms with Crippen LogP contribution in [-0.4, -0.2) is 75.2 Å². The lowest BCUT2D eigenvalue weighted by molar-refractivity contribution is -0.240. The minimum Gasteiger partial charge on any atom is -0.393 e. The largest absolute Gasteiger partial charge is 0.393 e. The Morgan fingerprint density at radius 1 is 1.29 bits per heavy atom. The fourth-order valence-electron chi connectivity index (χ4n) is 3.45. The number of amides is 2. The summed E-state index contributed by atoms with van der Waals surface area (Å²) in [5.74, 6) is -2.72. The van der Waals surface area contributed by atoms with Gasteiger partial charge in [0, 0.05) is 18.2 Å². The second-order valence-electron chi connectivity index (χ2n) is 7.41. The monoisotopic (exact) mass is 395 g/mol. The van der Waals surface area contributed by atoms with Gasteiger partial charge in [-0.3, -0.25) is 9.59 Å². The second-order valence-corrected chi connectivity index (χ2v) is 7.41. The van der Waals surface area contributed by atoms with E-state index in [-0.39, 0.29) is 19.6 Å². The predicted molar refractivity (Wildman–Crippen MR) is 96.7 cm³/mol. The molecule has 2 amide bonds. The lowest BCUT2D eigenvalue weighted by Gasteiger charge is -2.51. The van der Waals surface area contributed by atoms with E-state index in [2.05, 4.69) is 16.0 Å². The summed E-state index contributed by atoms with van der Waals surface area (Å²) in [6.07, 6.45) is -1.79. The molecule has 3 fully saturated rings. The Labute approximate surface area is 161 Å². The standard InChI is InChI=1S/C18H25N3O7/c1-16(26,10-22)13(23)18-15(25)20-17(27,14(24)21-18)11(7-8-28-18)9-19-12-5-3-2-4-6-12/h2-6,11,13,19,22-23,26-27H,7-10H2,1H3,(H,20,25)(H,21,24)/t11?,13-,16-,17+,18-/m0/s1. The Balaban J connectivity index is 1.84. The zero-order valence-electron chi connectivity index (χ0n) is 15.4. The molecule has 1 aromatic carbocycles. The number of hydrogen-bond donors (Lipinski definition) is 7. The van der Waals surface area contributed by atoms with Gasteiger partial charge in [-0.05, 0) is 25.5 Å². The van der Waals surface area contributed by atoms with E-state index in [1.165, 1.54) is 0 Å². The Hall–Kier alpha value is -2.24. The quantitative estimate of drug-likeness (QED) is 0.287. The molecule has 0 aliphatic carbocycles. The maximum absolute atomic E-state index is 12.7. The van der Waals surface area contributed by atoms with Crippen LogP contribution in [0.4, 0.5) is 5.69 Å². The van der Waals surface area contributed by atoms with Gasteiger partial charge in [0.1, 0.15) is 11.7 Å². The first kappa shape index (κ1) is 20.5. The predicted octanol–water partition coefficient (Wildman–Crippen LogP) is -2.13. The van der Waals surface area contributed by atoms with E-state index in [4.69, 9.17) is 4.74 Å². The highest BCUT2D eigenvalue weighted by Gasteiger charge is 2.64. The van der Waals surface area contributed by atoms with E-state index in [1.807, 2.05) is 30.3 Å². The fraction of sp³-hybridized carbons (Fsp3) is 0.556. The van der Waals surface area contributed by atoms with E-state index in [0.29, 0.717) is 0 Å². The smallest absolute Gasteiger partial charge is 0.278 e. The average Bonchev–Trinajstić information content (AvgIpc) is 2.67. The van der Waals surface area contributed by atoms with Gasteiger partial charge < -0.3 is 41.1 Å². The van der Waals surface area contributed by atoms with Crippen molar-refractivity contribution in [2.75, 3.05) is 25.1 Å². The van der Waals surface area contributed by atoms with E-state index in [9.17, 15) is 30.0 Å². The van der Waals surface area contributed by atoms with Crippen LogP contribution < -0.4 is 16.0 Å². The average molecular weight is 395 g/mol. The van der Waals surface area contributed by atoms with E-state index in [0.717, 1.165) is 12.6 Å². The number of aliphatic hydroxyl groups excluding tert-OH is 2. The van der Waals surface area contributed by atoms with Gasteiger partial charge in [0.15, 0.2) is 0 Å². The van der Waals surface area contributed by atoms with Gasteiger partial charge in [-0.15, -0.1) is 0 Å². The minimum atomic E-state index is -2.33. The topological polar surface area (TPSA) is 160 Å². The van der Waals surface area contributed by atoms with Gasteiger partial charge in [0.25, 0.3) is 17.5 Å². The third-order valence-electron chi connectivity index (χ3n) is 5.29. The van der Waals surface area contributed by atoms with Crippen LogP contribution in [0.5, 0.6) is 0 Å². The van der Waals surface area contributed by atoms with Crippen molar-refractivity contribution < 1.29 is 34.8 Å². The molecule has 3 saturated heterocycles. The molecule has 10 nitrogen and oxygen atoms in total. The molecule has 1 aromatic rings. The summed E-state index contributed by atoms with van der Waals surface area (Å²) in [7, 11) is 0. The molecule has 2 bridgehead atoms. The molecule has 7 N–H and O–H groups in total. The van der Waals surface area contributed by atoms with Gasteiger partial charge >= 0.3 is 0 Å². The van der Waals surface area contributed by atoms with Crippen LogP contribution in [0.25, 0.3) is 0 Å². The van der Waals surface area contributed by atoms with Crippen LogP contribution in [0.1, 0.15) is 13.3 Å². The Morgan fingerprint density at radius 3 is 2.61 bits per heavy atom. The zero-order chi connectivity index (χ0) is 20.6. The summed E-state index contributed by atoms with van der Waals surface area (Å²) in [6, 6.07) is 9.15. The SMILES string of the molecule is C[C@](O)(CO)[C@H](O)[C@@]12NC(=O)[C@@](O)(NC1=O)C(CNc1ccccc1)CCO2. The Bertz CT molecular complexity index is 744. The summed E-state index contributed by atoms with van der Waals surface area (Å²) in [6.45, 7) is 0.300. The number of rotatable bonds is 6. The number of carbonyl (C=O) groups excluding carboxylic acids is 2. The zero-order valence-corrected chi connectivity index (χ0v) is 15.4. The number of ether oxygens (including phenoxy) is 1. The number of fused-ring (bicyclic) bond motifs is 5. The molecule has 3 aliphatic heterocycles. The first-order chi connectivity index (χ1) is 13.2. The molecule has 154 valence electrons. The minimum absolute atomic E-state index is 0.0876. The van der Waals surface area contributed by atoms with Crippen LogP contribution >= 0.6 is 0 Å².